The fraction of sp³-hybridized carbons (Fsp3) is 0.727. The number of nitrogens with two attached hydrogens (primary N) is 1. The van der Waals surface area contributed by atoms with Crippen LogP contribution in [0.1, 0.15) is 6.42 Å². The molecule has 2 heterocycles. The highest BCUT2D eigenvalue weighted by molar-refractivity contribution is 7.89. The Morgan fingerprint density at radius 1 is 1.32 bits per heavy atom. The summed E-state index contributed by atoms with van der Waals surface area (Å²) in [5.74, 6) is 0. The average Bonchev–Trinajstić information content (AvgIpc) is 2.66. The zero-order chi connectivity index (χ0) is 13.9. The predicted molar refractivity (Wildman–Crippen MR) is 72.1 cm³/mol. The molecular weight excluding hydrogens is 266 g/mol. The molecule has 1 aliphatic heterocycles. The molecule has 7 nitrogen and oxygen atoms in total. The highest BCUT2D eigenvalue weighted by atomic mass is 32.2. The molecule has 0 saturated carbocycles. The molecule has 8 heteroatoms. The largest absolute Gasteiger partial charge is 0.339 e. The molecule has 0 radical (unpaired) electrons. The second kappa shape index (κ2) is 6.00. The lowest BCUT2D eigenvalue weighted by Crippen LogP contribution is -2.36. The molecule has 2 rings (SSSR count). The lowest BCUT2D eigenvalue weighted by molar-refractivity contribution is 0.294. The molecule has 108 valence electrons. The van der Waals surface area contributed by atoms with Crippen molar-refractivity contribution in [1.82, 2.24) is 18.8 Å². The van der Waals surface area contributed by atoms with Gasteiger partial charge in [-0.25, -0.2) is 13.4 Å². The first-order valence-electron chi connectivity index (χ1n) is 6.44. The first-order chi connectivity index (χ1) is 9.04. The van der Waals surface area contributed by atoms with Crippen molar-refractivity contribution in [3.63, 3.8) is 0 Å². The van der Waals surface area contributed by atoms with Crippen LogP contribution in [0.25, 0.3) is 0 Å². The van der Waals surface area contributed by atoms with Gasteiger partial charge in [-0.05, 0) is 13.0 Å². The quantitative estimate of drug-likeness (QED) is 0.774. The van der Waals surface area contributed by atoms with E-state index in [9.17, 15) is 8.42 Å². The molecule has 1 aliphatic rings. The SMILES string of the molecule is Cn1cnc(S(=O)(=O)N2CCCN(CCN)CC2)c1. The first-order valence-corrected chi connectivity index (χ1v) is 7.88. The Kier molecular flexibility index (Phi) is 4.56. The summed E-state index contributed by atoms with van der Waals surface area (Å²) in [5, 5.41) is 0.127. The van der Waals surface area contributed by atoms with Crippen LogP contribution in [0.4, 0.5) is 0 Å². The number of rotatable bonds is 4. The molecule has 1 fully saturated rings. The van der Waals surface area contributed by atoms with Crippen molar-refractivity contribution < 1.29 is 8.42 Å². The van der Waals surface area contributed by atoms with Gasteiger partial charge in [-0.2, -0.15) is 4.31 Å². The molecule has 0 unspecified atom stereocenters. The van der Waals surface area contributed by atoms with Gasteiger partial charge in [-0.3, -0.25) is 0 Å². The number of hydrogen-bond donors (Lipinski definition) is 1. The molecule has 2 N–H and O–H groups in total. The second-order valence-electron chi connectivity index (χ2n) is 4.77. The average molecular weight is 287 g/mol. The van der Waals surface area contributed by atoms with Crippen molar-refractivity contribution in [3.05, 3.63) is 12.5 Å². The van der Waals surface area contributed by atoms with E-state index >= 15 is 0 Å². The van der Waals surface area contributed by atoms with Gasteiger partial charge >= 0.3 is 0 Å². The monoisotopic (exact) mass is 287 g/mol. The van der Waals surface area contributed by atoms with Gasteiger partial charge in [0.2, 0.25) is 0 Å². The maximum absolute atomic E-state index is 12.4. The Morgan fingerprint density at radius 2 is 2.11 bits per heavy atom. The molecule has 0 aromatic carbocycles. The molecule has 1 aromatic rings. The molecule has 19 heavy (non-hydrogen) atoms. The van der Waals surface area contributed by atoms with Gasteiger partial charge in [0, 0.05) is 46.0 Å². The van der Waals surface area contributed by atoms with Gasteiger partial charge in [0.25, 0.3) is 10.0 Å². The minimum absolute atomic E-state index is 0.127. The van der Waals surface area contributed by atoms with Gasteiger partial charge in [-0.1, -0.05) is 0 Å². The fourth-order valence-corrected chi connectivity index (χ4v) is 3.68. The predicted octanol–water partition coefficient (Wildman–Crippen LogP) is -0.925. The maximum atomic E-state index is 12.4. The van der Waals surface area contributed by atoms with Gasteiger partial charge in [0.05, 0.1) is 6.33 Å². The molecule has 0 amide bonds. The van der Waals surface area contributed by atoms with Crippen LogP contribution in [0.5, 0.6) is 0 Å². The number of sulfonamides is 1. The molecule has 1 aromatic heterocycles. The minimum atomic E-state index is -3.46. The van der Waals surface area contributed by atoms with Crippen molar-refractivity contribution in [3.8, 4) is 0 Å². The van der Waals surface area contributed by atoms with E-state index in [1.165, 1.54) is 16.8 Å². The maximum Gasteiger partial charge on any atom is 0.262 e. The second-order valence-corrected chi connectivity index (χ2v) is 6.65. The molecular formula is C11H21N5O2S. The molecule has 1 saturated heterocycles. The van der Waals surface area contributed by atoms with Gasteiger partial charge in [0.15, 0.2) is 5.03 Å². The van der Waals surface area contributed by atoms with E-state index in [-0.39, 0.29) is 5.03 Å². The van der Waals surface area contributed by atoms with E-state index in [0.29, 0.717) is 19.6 Å². The van der Waals surface area contributed by atoms with E-state index in [1.807, 2.05) is 0 Å². The molecule has 0 spiro atoms. The smallest absolute Gasteiger partial charge is 0.262 e. The lowest BCUT2D eigenvalue weighted by Gasteiger charge is -2.20. The van der Waals surface area contributed by atoms with Crippen LogP contribution in [0.15, 0.2) is 17.6 Å². The van der Waals surface area contributed by atoms with Gasteiger partial charge < -0.3 is 15.2 Å². The van der Waals surface area contributed by atoms with Crippen molar-refractivity contribution in [2.24, 2.45) is 12.8 Å². The normalized spacial score (nSPS) is 19.5. The van der Waals surface area contributed by atoms with E-state index < -0.39 is 10.0 Å². The third kappa shape index (κ3) is 3.33. The van der Waals surface area contributed by atoms with Crippen molar-refractivity contribution >= 4 is 10.0 Å². The Balaban J connectivity index is 2.09. The third-order valence-corrected chi connectivity index (χ3v) is 5.06. The summed E-state index contributed by atoms with van der Waals surface area (Å²) >= 11 is 0. The van der Waals surface area contributed by atoms with Crippen LogP contribution in [-0.2, 0) is 17.1 Å². The lowest BCUT2D eigenvalue weighted by atomic mass is 10.4. The van der Waals surface area contributed by atoms with Crippen LogP contribution in [0.3, 0.4) is 0 Å². The minimum Gasteiger partial charge on any atom is -0.339 e. The molecule has 0 bridgehead atoms. The van der Waals surface area contributed by atoms with E-state index in [2.05, 4.69) is 9.88 Å². The van der Waals surface area contributed by atoms with Crippen LogP contribution in [0.2, 0.25) is 0 Å². The number of nitrogens with zero attached hydrogens (tertiary/aromatic N) is 4. The van der Waals surface area contributed by atoms with Crippen LogP contribution < -0.4 is 5.73 Å². The summed E-state index contributed by atoms with van der Waals surface area (Å²) < 4.78 is 28.0. The van der Waals surface area contributed by atoms with Crippen LogP contribution >= 0.6 is 0 Å². The van der Waals surface area contributed by atoms with E-state index in [0.717, 1.165) is 26.1 Å². The first kappa shape index (κ1) is 14.4. The zero-order valence-corrected chi connectivity index (χ0v) is 12.0. The Hall–Kier alpha value is -0.960. The number of hydrogen-bond acceptors (Lipinski definition) is 5. The Bertz CT molecular complexity index is 513. The highest BCUT2D eigenvalue weighted by Crippen LogP contribution is 2.15. The molecule has 0 atom stereocenters. The summed E-state index contributed by atoms with van der Waals surface area (Å²) in [7, 11) is -1.70. The van der Waals surface area contributed by atoms with Crippen LogP contribution in [-0.4, -0.2) is 66.4 Å². The summed E-state index contributed by atoms with van der Waals surface area (Å²) in [6.45, 7) is 4.08. The zero-order valence-electron chi connectivity index (χ0n) is 11.2. The topological polar surface area (TPSA) is 84.5 Å². The van der Waals surface area contributed by atoms with E-state index in [4.69, 9.17) is 5.73 Å². The van der Waals surface area contributed by atoms with Gasteiger partial charge in [-0.15, -0.1) is 0 Å². The molecule has 0 aliphatic carbocycles. The van der Waals surface area contributed by atoms with E-state index in [1.54, 1.807) is 11.6 Å². The summed E-state index contributed by atoms with van der Waals surface area (Å²) in [5.41, 5.74) is 5.54. The third-order valence-electron chi connectivity index (χ3n) is 3.28. The number of imidazole rings is 1. The summed E-state index contributed by atoms with van der Waals surface area (Å²) in [6, 6.07) is 0. The number of aromatic nitrogens is 2. The summed E-state index contributed by atoms with van der Waals surface area (Å²) in [6.07, 6.45) is 3.87. The van der Waals surface area contributed by atoms with Crippen molar-refractivity contribution in [1.29, 1.82) is 0 Å². The van der Waals surface area contributed by atoms with Gasteiger partial charge in [0.1, 0.15) is 0 Å². The Labute approximate surface area is 114 Å². The summed E-state index contributed by atoms with van der Waals surface area (Å²) in [4.78, 5) is 6.15. The standard InChI is InChI=1S/C11H21N5O2S/c1-14-9-11(13-10-14)19(17,18)16-5-2-4-15(6-3-12)7-8-16/h9-10H,2-8,12H2,1H3. The van der Waals surface area contributed by atoms with Crippen molar-refractivity contribution in [2.75, 3.05) is 39.3 Å². The highest BCUT2D eigenvalue weighted by Gasteiger charge is 2.28. The Morgan fingerprint density at radius 3 is 2.74 bits per heavy atom. The fourth-order valence-electron chi connectivity index (χ4n) is 2.25. The van der Waals surface area contributed by atoms with Crippen LogP contribution in [0, 0.1) is 0 Å². The number of aryl methyl sites for hydroxylation is 1. The van der Waals surface area contributed by atoms with Crippen molar-refractivity contribution in [2.45, 2.75) is 11.4 Å².